The highest BCUT2D eigenvalue weighted by molar-refractivity contribution is 5.75. The second kappa shape index (κ2) is 9.46. The van der Waals surface area contributed by atoms with Gasteiger partial charge in [-0.05, 0) is 38.0 Å². The van der Waals surface area contributed by atoms with Gasteiger partial charge in [-0.25, -0.2) is 9.48 Å². The Morgan fingerprint density at radius 2 is 1.88 bits per heavy atom. The second-order valence-corrected chi connectivity index (χ2v) is 5.85. The summed E-state index contributed by atoms with van der Waals surface area (Å²) in [5, 5.41) is 9.70. The van der Waals surface area contributed by atoms with Crippen LogP contribution in [0.5, 0.6) is 0 Å². The molecule has 0 spiro atoms. The largest absolute Gasteiger partial charge is 0.463 e. The van der Waals surface area contributed by atoms with Crippen molar-refractivity contribution in [2.45, 2.75) is 32.8 Å². The van der Waals surface area contributed by atoms with E-state index >= 15 is 0 Å². The minimum Gasteiger partial charge on any atom is -0.463 e. The summed E-state index contributed by atoms with van der Waals surface area (Å²) in [5.74, 6) is -0.316. The average molecular weight is 344 g/mol. The van der Waals surface area contributed by atoms with Crippen LogP contribution in [0.15, 0.2) is 42.7 Å². The first-order valence-corrected chi connectivity index (χ1v) is 8.35. The van der Waals surface area contributed by atoms with Gasteiger partial charge in [-0.15, -0.1) is 0 Å². The number of urea groups is 1. The summed E-state index contributed by atoms with van der Waals surface area (Å²) < 4.78 is 6.79. The van der Waals surface area contributed by atoms with E-state index in [9.17, 15) is 9.59 Å². The van der Waals surface area contributed by atoms with E-state index in [1.54, 1.807) is 24.7 Å². The summed E-state index contributed by atoms with van der Waals surface area (Å²) in [4.78, 5) is 23.0. The zero-order chi connectivity index (χ0) is 18.1. The van der Waals surface area contributed by atoms with Crippen molar-refractivity contribution in [2.24, 2.45) is 0 Å². The Kier molecular flexibility index (Phi) is 7.00. The van der Waals surface area contributed by atoms with E-state index in [0.717, 1.165) is 11.3 Å². The second-order valence-electron chi connectivity index (χ2n) is 5.85. The van der Waals surface area contributed by atoms with E-state index in [2.05, 4.69) is 15.7 Å². The lowest BCUT2D eigenvalue weighted by Crippen LogP contribution is -2.37. The van der Waals surface area contributed by atoms with Crippen LogP contribution in [0, 0.1) is 0 Å². The maximum Gasteiger partial charge on any atom is 0.314 e. The molecule has 1 aromatic heterocycles. The summed E-state index contributed by atoms with van der Waals surface area (Å²) in [6.07, 6.45) is 4.43. The molecule has 0 radical (unpaired) electrons. The number of esters is 1. The molecule has 7 nitrogen and oxygen atoms in total. The molecule has 7 heteroatoms. The number of aromatic nitrogens is 2. The highest BCUT2D eigenvalue weighted by Crippen LogP contribution is 2.07. The number of amides is 2. The van der Waals surface area contributed by atoms with E-state index in [1.807, 2.05) is 36.5 Å². The normalized spacial score (nSPS) is 10.5. The van der Waals surface area contributed by atoms with Gasteiger partial charge in [0.15, 0.2) is 0 Å². The molecule has 2 aromatic rings. The van der Waals surface area contributed by atoms with Gasteiger partial charge >= 0.3 is 12.0 Å². The lowest BCUT2D eigenvalue weighted by molar-refractivity contribution is -0.147. The molecular formula is C18H24N4O3. The quantitative estimate of drug-likeness (QED) is 0.718. The highest BCUT2D eigenvalue weighted by atomic mass is 16.5. The smallest absolute Gasteiger partial charge is 0.314 e. The fraction of sp³-hybridized carbons (Fsp3) is 0.389. The van der Waals surface area contributed by atoms with Gasteiger partial charge in [-0.3, -0.25) is 4.79 Å². The third-order valence-electron chi connectivity index (χ3n) is 3.34. The zero-order valence-corrected chi connectivity index (χ0v) is 14.6. The molecule has 1 aromatic carbocycles. The predicted octanol–water partition coefficient (Wildman–Crippen LogP) is 2.06. The van der Waals surface area contributed by atoms with Crippen molar-refractivity contribution in [3.63, 3.8) is 0 Å². The number of ether oxygens (including phenoxy) is 1. The Bertz CT molecular complexity index is 683. The van der Waals surface area contributed by atoms with Crippen molar-refractivity contribution in [2.75, 3.05) is 13.1 Å². The number of hydrogen-bond donors (Lipinski definition) is 2. The molecular weight excluding hydrogens is 320 g/mol. The van der Waals surface area contributed by atoms with Crippen LogP contribution in [0.2, 0.25) is 0 Å². The first kappa shape index (κ1) is 18.5. The molecule has 1 heterocycles. The molecule has 0 aliphatic rings. The maximum absolute atomic E-state index is 11.7. The summed E-state index contributed by atoms with van der Waals surface area (Å²) in [7, 11) is 0. The van der Waals surface area contributed by atoms with Gasteiger partial charge in [0.05, 0.1) is 24.4 Å². The Morgan fingerprint density at radius 1 is 1.16 bits per heavy atom. The minimum atomic E-state index is -0.316. The molecule has 134 valence electrons. The number of benzene rings is 1. The molecule has 0 aliphatic carbocycles. The third-order valence-corrected chi connectivity index (χ3v) is 3.34. The summed E-state index contributed by atoms with van der Waals surface area (Å²) in [6, 6.07) is 9.53. The molecule has 0 atom stereocenters. The number of carbonyl (C=O) groups excluding carboxylic acids is 2. The van der Waals surface area contributed by atoms with Crippen molar-refractivity contribution in [1.82, 2.24) is 20.4 Å². The maximum atomic E-state index is 11.7. The van der Waals surface area contributed by atoms with Gasteiger partial charge in [0.1, 0.15) is 0 Å². The first-order chi connectivity index (χ1) is 12.0. The van der Waals surface area contributed by atoms with Crippen LogP contribution in [-0.2, 0) is 16.0 Å². The van der Waals surface area contributed by atoms with Gasteiger partial charge < -0.3 is 15.4 Å². The van der Waals surface area contributed by atoms with Crippen molar-refractivity contribution < 1.29 is 14.3 Å². The van der Waals surface area contributed by atoms with E-state index in [0.29, 0.717) is 13.0 Å². The van der Waals surface area contributed by atoms with Gasteiger partial charge in [-0.1, -0.05) is 18.2 Å². The van der Waals surface area contributed by atoms with Crippen LogP contribution in [0.4, 0.5) is 4.79 Å². The number of nitrogens with zero attached hydrogens (tertiary/aromatic N) is 2. The van der Waals surface area contributed by atoms with Crippen LogP contribution in [0.1, 0.15) is 25.8 Å². The van der Waals surface area contributed by atoms with Crippen LogP contribution in [-0.4, -0.2) is 41.0 Å². The van der Waals surface area contributed by atoms with Crippen LogP contribution in [0.3, 0.4) is 0 Å². The lowest BCUT2D eigenvalue weighted by atomic mass is 10.2. The average Bonchev–Trinajstić information content (AvgIpc) is 3.04. The number of rotatable bonds is 8. The van der Waals surface area contributed by atoms with E-state index in [-0.39, 0.29) is 31.1 Å². The number of hydrogen-bond acceptors (Lipinski definition) is 4. The van der Waals surface area contributed by atoms with Crippen LogP contribution < -0.4 is 10.6 Å². The van der Waals surface area contributed by atoms with Crippen LogP contribution >= 0.6 is 0 Å². The number of carbonyl (C=O) groups is 2. The molecule has 0 aliphatic heterocycles. The molecule has 0 saturated heterocycles. The van der Waals surface area contributed by atoms with E-state index in [1.165, 1.54) is 0 Å². The van der Waals surface area contributed by atoms with E-state index < -0.39 is 0 Å². The van der Waals surface area contributed by atoms with Crippen LogP contribution in [0.25, 0.3) is 5.69 Å². The molecule has 0 bridgehead atoms. The van der Waals surface area contributed by atoms with Gasteiger partial charge in [-0.2, -0.15) is 5.10 Å². The van der Waals surface area contributed by atoms with Gasteiger partial charge in [0, 0.05) is 19.3 Å². The molecule has 0 unspecified atom stereocenters. The zero-order valence-electron chi connectivity index (χ0n) is 14.6. The highest BCUT2D eigenvalue weighted by Gasteiger charge is 2.07. The lowest BCUT2D eigenvalue weighted by Gasteiger charge is -2.09. The number of para-hydroxylation sites is 1. The fourth-order valence-electron chi connectivity index (χ4n) is 2.19. The molecule has 0 saturated carbocycles. The van der Waals surface area contributed by atoms with Gasteiger partial charge in [0.25, 0.3) is 0 Å². The van der Waals surface area contributed by atoms with E-state index in [4.69, 9.17) is 4.74 Å². The summed E-state index contributed by atoms with van der Waals surface area (Å²) in [6.45, 7) is 4.32. The van der Waals surface area contributed by atoms with Crippen molar-refractivity contribution in [3.05, 3.63) is 48.3 Å². The molecule has 2 amide bonds. The van der Waals surface area contributed by atoms with Crippen molar-refractivity contribution in [3.8, 4) is 5.69 Å². The van der Waals surface area contributed by atoms with Crippen molar-refractivity contribution in [1.29, 1.82) is 0 Å². The SMILES string of the molecule is CC(C)OC(=O)CCNC(=O)NCCc1cnn(-c2ccccc2)c1. The molecule has 0 fully saturated rings. The standard InChI is InChI=1S/C18H24N4O3/c1-14(2)25-17(23)9-11-20-18(24)19-10-8-15-12-21-22(13-15)16-6-4-3-5-7-16/h3-7,12-14H,8-11H2,1-2H3,(H2,19,20,24). The molecule has 25 heavy (non-hydrogen) atoms. The fourth-order valence-corrected chi connectivity index (χ4v) is 2.19. The predicted molar refractivity (Wildman–Crippen MR) is 94.5 cm³/mol. The Balaban J connectivity index is 1.65. The van der Waals surface area contributed by atoms with Gasteiger partial charge in [0.2, 0.25) is 0 Å². The monoisotopic (exact) mass is 344 g/mol. The third kappa shape index (κ3) is 6.66. The minimum absolute atomic E-state index is 0.141. The Hall–Kier alpha value is -2.83. The Morgan fingerprint density at radius 3 is 2.60 bits per heavy atom. The topological polar surface area (TPSA) is 85.2 Å². The number of nitrogens with one attached hydrogen (secondary N) is 2. The summed E-state index contributed by atoms with van der Waals surface area (Å²) in [5.41, 5.74) is 2.03. The molecule has 2 rings (SSSR count). The molecule has 2 N–H and O–H groups in total. The first-order valence-electron chi connectivity index (χ1n) is 8.35. The van der Waals surface area contributed by atoms with Crippen molar-refractivity contribution >= 4 is 12.0 Å². The Labute approximate surface area is 147 Å². The summed E-state index contributed by atoms with van der Waals surface area (Å²) >= 11 is 0.